The van der Waals surface area contributed by atoms with E-state index in [1.807, 2.05) is 0 Å². The number of alkyl halides is 3. The average molecular weight is 261 g/mol. The van der Waals surface area contributed by atoms with Crippen LogP contribution >= 0.6 is 0 Å². The Morgan fingerprint density at radius 3 is 2.33 bits per heavy atom. The lowest BCUT2D eigenvalue weighted by Crippen LogP contribution is -2.32. The van der Waals surface area contributed by atoms with Crippen molar-refractivity contribution >= 4 is 11.7 Å². The summed E-state index contributed by atoms with van der Waals surface area (Å²) >= 11 is 0. The number of aliphatic hydroxyl groups excluding tert-OH is 1. The zero-order valence-corrected chi connectivity index (χ0v) is 8.63. The minimum Gasteiger partial charge on any atom is -0.406 e. The number of benzene rings is 1. The predicted octanol–water partition coefficient (Wildman–Crippen LogP) is 2.25. The zero-order chi connectivity index (χ0) is 13.3. The summed E-state index contributed by atoms with van der Waals surface area (Å²) in [6.07, 6.45) is -6.25. The molecule has 6 nitrogen and oxygen atoms in total. The van der Waals surface area contributed by atoms with Gasteiger partial charge >= 0.3 is 12.4 Å². The van der Waals surface area contributed by atoms with Crippen molar-refractivity contribution in [2.24, 2.45) is 10.2 Å². The molecule has 0 fully saturated rings. The Labute approximate surface area is 98.3 Å². The fraction of sp³-hybridized carbons (Fsp3) is 0.222. The normalized spacial score (nSPS) is 19.4. The topological polar surface area (TPSA) is 74.5 Å². The standard InChI is InChI=1S/C9H6F3N3O3/c10-9(11,12)18-6-3-1-5(2-4-6)15-7(16)13-14-8(15)17/h1-4,7,16H. The lowest BCUT2D eigenvalue weighted by Gasteiger charge is -2.17. The molecule has 1 aromatic carbocycles. The molecule has 0 bridgehead atoms. The van der Waals surface area contributed by atoms with Crippen LogP contribution in [0.4, 0.5) is 23.7 Å². The van der Waals surface area contributed by atoms with Gasteiger partial charge in [-0.15, -0.1) is 18.3 Å². The molecule has 1 N–H and O–H groups in total. The monoisotopic (exact) mass is 261 g/mol. The minimum absolute atomic E-state index is 0.159. The van der Waals surface area contributed by atoms with Gasteiger partial charge in [-0.1, -0.05) is 5.11 Å². The summed E-state index contributed by atoms with van der Waals surface area (Å²) in [4.78, 5) is 12.0. The highest BCUT2D eigenvalue weighted by Crippen LogP contribution is 2.27. The largest absolute Gasteiger partial charge is 0.573 e. The van der Waals surface area contributed by atoms with Crippen LogP contribution in [0.5, 0.6) is 5.75 Å². The van der Waals surface area contributed by atoms with Gasteiger partial charge in [-0.25, -0.2) is 9.69 Å². The quantitative estimate of drug-likeness (QED) is 0.887. The van der Waals surface area contributed by atoms with Crippen LogP contribution in [0.2, 0.25) is 0 Å². The van der Waals surface area contributed by atoms with Crippen molar-refractivity contribution in [3.8, 4) is 5.75 Å². The van der Waals surface area contributed by atoms with E-state index in [1.165, 1.54) is 12.1 Å². The predicted molar refractivity (Wildman–Crippen MR) is 51.9 cm³/mol. The third-order valence-electron chi connectivity index (χ3n) is 2.03. The molecular formula is C9H6F3N3O3. The number of halogens is 3. The Bertz CT molecular complexity index is 486. The Balaban J connectivity index is 2.16. The number of nitrogens with zero attached hydrogens (tertiary/aromatic N) is 3. The Hall–Kier alpha value is -2.16. The third-order valence-corrected chi connectivity index (χ3v) is 2.03. The van der Waals surface area contributed by atoms with Crippen LogP contribution < -0.4 is 9.64 Å². The van der Waals surface area contributed by atoms with E-state index in [-0.39, 0.29) is 5.69 Å². The molecule has 0 saturated carbocycles. The fourth-order valence-electron chi connectivity index (χ4n) is 1.35. The zero-order valence-electron chi connectivity index (χ0n) is 8.63. The lowest BCUT2D eigenvalue weighted by molar-refractivity contribution is -0.274. The summed E-state index contributed by atoms with van der Waals surface area (Å²) < 4.78 is 39.4. The third kappa shape index (κ3) is 2.56. The molecule has 1 unspecified atom stereocenters. The molecule has 2 rings (SSSR count). The van der Waals surface area contributed by atoms with Crippen molar-refractivity contribution in [3.63, 3.8) is 0 Å². The van der Waals surface area contributed by atoms with E-state index in [2.05, 4.69) is 15.0 Å². The van der Waals surface area contributed by atoms with Crippen LogP contribution in [0.3, 0.4) is 0 Å². The maximum atomic E-state index is 11.9. The fourth-order valence-corrected chi connectivity index (χ4v) is 1.35. The molecule has 0 saturated heterocycles. The number of rotatable bonds is 2. The molecule has 2 amide bonds. The van der Waals surface area contributed by atoms with Gasteiger partial charge < -0.3 is 9.84 Å². The Morgan fingerprint density at radius 2 is 1.89 bits per heavy atom. The first-order valence-corrected chi connectivity index (χ1v) is 4.65. The van der Waals surface area contributed by atoms with Crippen LogP contribution in [-0.2, 0) is 0 Å². The minimum atomic E-state index is -4.78. The molecule has 1 atom stereocenters. The molecule has 0 aliphatic carbocycles. The van der Waals surface area contributed by atoms with Crippen LogP contribution in [-0.4, -0.2) is 23.9 Å². The summed E-state index contributed by atoms with van der Waals surface area (Å²) in [5.74, 6) is -0.429. The van der Waals surface area contributed by atoms with Gasteiger partial charge in [0.25, 0.3) is 6.35 Å². The molecule has 0 aromatic heterocycles. The number of anilines is 1. The smallest absolute Gasteiger partial charge is 0.406 e. The van der Waals surface area contributed by atoms with Crippen molar-refractivity contribution in [2.75, 3.05) is 4.90 Å². The number of amides is 2. The number of ether oxygens (including phenoxy) is 1. The van der Waals surface area contributed by atoms with Crippen molar-refractivity contribution in [2.45, 2.75) is 12.7 Å². The van der Waals surface area contributed by atoms with Crippen molar-refractivity contribution in [1.82, 2.24) is 0 Å². The number of hydrogen-bond donors (Lipinski definition) is 1. The molecular weight excluding hydrogens is 255 g/mol. The molecule has 0 radical (unpaired) electrons. The molecule has 1 aliphatic rings. The second-order valence-electron chi connectivity index (χ2n) is 3.26. The lowest BCUT2D eigenvalue weighted by atomic mass is 10.3. The Kier molecular flexibility index (Phi) is 2.91. The number of carbonyl (C=O) groups is 1. The SMILES string of the molecule is O=C1N=NC(O)N1c1ccc(OC(F)(F)F)cc1. The van der Waals surface area contributed by atoms with E-state index in [9.17, 15) is 23.1 Å². The second kappa shape index (κ2) is 4.26. The highest BCUT2D eigenvalue weighted by Gasteiger charge is 2.32. The summed E-state index contributed by atoms with van der Waals surface area (Å²) in [7, 11) is 0. The first kappa shape index (κ1) is 12.3. The van der Waals surface area contributed by atoms with Crippen LogP contribution in [0.25, 0.3) is 0 Å². The van der Waals surface area contributed by atoms with Gasteiger partial charge in [0.15, 0.2) is 0 Å². The number of hydrogen-bond acceptors (Lipinski definition) is 4. The van der Waals surface area contributed by atoms with Crippen molar-refractivity contribution in [3.05, 3.63) is 24.3 Å². The molecule has 0 spiro atoms. The van der Waals surface area contributed by atoms with Gasteiger partial charge in [-0.05, 0) is 24.3 Å². The van der Waals surface area contributed by atoms with Crippen molar-refractivity contribution in [1.29, 1.82) is 0 Å². The van der Waals surface area contributed by atoms with Crippen LogP contribution in [0.1, 0.15) is 0 Å². The van der Waals surface area contributed by atoms with E-state index >= 15 is 0 Å². The van der Waals surface area contributed by atoms with Gasteiger partial charge in [0, 0.05) is 0 Å². The van der Waals surface area contributed by atoms with Crippen LogP contribution in [0, 0.1) is 0 Å². The van der Waals surface area contributed by atoms with Crippen molar-refractivity contribution < 1.29 is 27.8 Å². The van der Waals surface area contributed by atoms with E-state index in [0.29, 0.717) is 0 Å². The maximum absolute atomic E-state index is 11.9. The molecule has 96 valence electrons. The van der Waals surface area contributed by atoms with E-state index in [4.69, 9.17) is 0 Å². The summed E-state index contributed by atoms with van der Waals surface area (Å²) in [5.41, 5.74) is 0.159. The van der Waals surface area contributed by atoms with Crippen LogP contribution in [0.15, 0.2) is 34.5 Å². The summed E-state index contributed by atoms with van der Waals surface area (Å²) in [5, 5.41) is 15.6. The van der Waals surface area contributed by atoms with Gasteiger partial charge in [0.05, 0.1) is 5.69 Å². The first-order chi connectivity index (χ1) is 8.37. The molecule has 1 aromatic rings. The summed E-state index contributed by atoms with van der Waals surface area (Å²) in [6, 6.07) is 3.59. The highest BCUT2D eigenvalue weighted by molar-refractivity contribution is 5.93. The van der Waals surface area contributed by atoms with E-state index in [0.717, 1.165) is 17.0 Å². The molecule has 1 aliphatic heterocycles. The first-order valence-electron chi connectivity index (χ1n) is 4.65. The van der Waals surface area contributed by atoms with Gasteiger partial charge in [0.1, 0.15) is 5.75 Å². The van der Waals surface area contributed by atoms with E-state index in [1.54, 1.807) is 0 Å². The Morgan fingerprint density at radius 1 is 1.28 bits per heavy atom. The number of urea groups is 1. The molecule has 18 heavy (non-hydrogen) atoms. The average Bonchev–Trinajstić information content (AvgIpc) is 2.58. The number of azo groups is 1. The highest BCUT2D eigenvalue weighted by atomic mass is 19.4. The van der Waals surface area contributed by atoms with Gasteiger partial charge in [0.2, 0.25) is 0 Å². The molecule has 1 heterocycles. The van der Waals surface area contributed by atoms with Gasteiger partial charge in [-0.2, -0.15) is 0 Å². The summed E-state index contributed by atoms with van der Waals surface area (Å²) in [6.45, 7) is 0. The maximum Gasteiger partial charge on any atom is 0.573 e. The number of aliphatic hydroxyl groups is 1. The van der Waals surface area contributed by atoms with Gasteiger partial charge in [-0.3, -0.25) is 0 Å². The van der Waals surface area contributed by atoms with E-state index < -0.39 is 24.5 Å². The number of carbonyl (C=O) groups excluding carboxylic acids is 1. The molecule has 9 heteroatoms. The second-order valence-corrected chi connectivity index (χ2v) is 3.26.